The van der Waals surface area contributed by atoms with Crippen molar-refractivity contribution in [3.05, 3.63) is 63.6 Å². The zero-order chi connectivity index (χ0) is 19.8. The van der Waals surface area contributed by atoms with E-state index < -0.39 is 5.91 Å². The van der Waals surface area contributed by atoms with E-state index in [-0.39, 0.29) is 11.6 Å². The lowest BCUT2D eigenvalue weighted by Crippen LogP contribution is -2.27. The van der Waals surface area contributed by atoms with Crippen molar-refractivity contribution in [2.24, 2.45) is 0 Å². The average molecular weight is 429 g/mol. The summed E-state index contributed by atoms with van der Waals surface area (Å²) in [6.45, 7) is 4.25. The summed E-state index contributed by atoms with van der Waals surface area (Å²) in [7, 11) is 1.54. The molecule has 0 aromatic heterocycles. The molecule has 140 valence electrons. The van der Waals surface area contributed by atoms with Gasteiger partial charge in [0.2, 0.25) is 0 Å². The van der Waals surface area contributed by atoms with Crippen LogP contribution in [-0.4, -0.2) is 19.6 Å². The maximum atomic E-state index is 12.5. The molecule has 27 heavy (non-hydrogen) atoms. The second-order valence-corrected chi connectivity index (χ2v) is 6.60. The van der Waals surface area contributed by atoms with Crippen molar-refractivity contribution in [1.82, 2.24) is 5.32 Å². The molecule has 2 aromatic carbocycles. The number of hydrogen-bond acceptors (Lipinski definition) is 4. The highest BCUT2D eigenvalue weighted by molar-refractivity contribution is 9.10. The van der Waals surface area contributed by atoms with Crippen LogP contribution in [0.5, 0.6) is 11.5 Å². The number of amides is 1. The highest BCUT2D eigenvalue weighted by Gasteiger charge is 2.15. The molecule has 5 nitrogen and oxygen atoms in total. The van der Waals surface area contributed by atoms with Crippen molar-refractivity contribution in [2.45, 2.75) is 19.9 Å². The first-order valence-corrected chi connectivity index (χ1v) is 9.27. The number of nitrogens with zero attached hydrogens (tertiary/aromatic N) is 1. The van der Waals surface area contributed by atoms with Crippen molar-refractivity contribution in [1.29, 1.82) is 5.26 Å². The topological polar surface area (TPSA) is 71.3 Å². The van der Waals surface area contributed by atoms with E-state index >= 15 is 0 Å². The summed E-state index contributed by atoms with van der Waals surface area (Å²) in [5.41, 5.74) is 1.63. The number of methoxy groups -OCH3 is 1. The van der Waals surface area contributed by atoms with Crippen LogP contribution < -0.4 is 14.8 Å². The number of carbonyl (C=O) groups is 1. The minimum Gasteiger partial charge on any atom is -0.493 e. The monoisotopic (exact) mass is 428 g/mol. The van der Waals surface area contributed by atoms with E-state index in [1.54, 1.807) is 12.1 Å². The first-order valence-electron chi connectivity index (χ1n) is 8.48. The predicted molar refractivity (Wildman–Crippen MR) is 108 cm³/mol. The standard InChI is InChI=1S/C21H21BrN2O3/c1-4-27-20-18(22)11-15(12-19(20)26-3)10-17(13-23)21(25)24-14(2)16-8-6-5-7-9-16/h5-12,14H,4H2,1-3H3,(H,24,25)/b17-10+. The van der Waals surface area contributed by atoms with Crippen LogP contribution in [0.1, 0.15) is 31.0 Å². The van der Waals surface area contributed by atoms with Gasteiger partial charge in [0.25, 0.3) is 5.91 Å². The summed E-state index contributed by atoms with van der Waals surface area (Å²) < 4.78 is 11.6. The minimum atomic E-state index is -0.433. The van der Waals surface area contributed by atoms with Crippen LogP contribution in [0.15, 0.2) is 52.5 Å². The zero-order valence-electron chi connectivity index (χ0n) is 15.5. The molecule has 1 N–H and O–H groups in total. The van der Waals surface area contributed by atoms with Crippen molar-refractivity contribution in [3.8, 4) is 17.6 Å². The zero-order valence-corrected chi connectivity index (χ0v) is 17.0. The van der Waals surface area contributed by atoms with Gasteiger partial charge in [-0.15, -0.1) is 0 Å². The fourth-order valence-corrected chi connectivity index (χ4v) is 3.10. The van der Waals surface area contributed by atoms with Crippen LogP contribution in [0.25, 0.3) is 6.08 Å². The smallest absolute Gasteiger partial charge is 0.262 e. The van der Waals surface area contributed by atoms with Gasteiger partial charge >= 0.3 is 0 Å². The van der Waals surface area contributed by atoms with Crippen molar-refractivity contribution >= 4 is 27.9 Å². The maximum Gasteiger partial charge on any atom is 0.262 e. The third kappa shape index (κ3) is 5.35. The van der Waals surface area contributed by atoms with Gasteiger partial charge in [0.15, 0.2) is 11.5 Å². The molecule has 0 radical (unpaired) electrons. The number of carbonyl (C=O) groups excluding carboxylic acids is 1. The molecule has 0 bridgehead atoms. The Morgan fingerprint density at radius 1 is 1.33 bits per heavy atom. The third-order valence-electron chi connectivity index (χ3n) is 3.86. The van der Waals surface area contributed by atoms with Gasteiger partial charge in [0.05, 0.1) is 24.2 Å². The molecular weight excluding hydrogens is 408 g/mol. The van der Waals surface area contributed by atoms with Gasteiger partial charge in [0.1, 0.15) is 11.6 Å². The molecule has 0 heterocycles. The first kappa shape index (κ1) is 20.5. The molecule has 6 heteroatoms. The highest BCUT2D eigenvalue weighted by atomic mass is 79.9. The summed E-state index contributed by atoms with van der Waals surface area (Å²) in [5, 5.41) is 12.3. The Balaban J connectivity index is 2.26. The van der Waals surface area contributed by atoms with Gasteiger partial charge in [-0.2, -0.15) is 5.26 Å². The minimum absolute atomic E-state index is 0.0101. The lowest BCUT2D eigenvalue weighted by Gasteiger charge is -2.14. The normalized spacial score (nSPS) is 12.0. The number of nitrogens with one attached hydrogen (secondary N) is 1. The van der Waals surface area contributed by atoms with Crippen LogP contribution in [0, 0.1) is 11.3 Å². The summed E-state index contributed by atoms with van der Waals surface area (Å²) in [6.07, 6.45) is 1.52. The molecule has 1 unspecified atom stereocenters. The SMILES string of the molecule is CCOc1c(Br)cc(/C=C(\C#N)C(=O)NC(C)c2ccccc2)cc1OC. The van der Waals surface area contributed by atoms with Gasteiger partial charge in [-0.05, 0) is 59.1 Å². The van der Waals surface area contributed by atoms with Gasteiger partial charge < -0.3 is 14.8 Å². The highest BCUT2D eigenvalue weighted by Crippen LogP contribution is 2.37. The van der Waals surface area contributed by atoms with E-state index in [2.05, 4.69) is 21.2 Å². The van der Waals surface area contributed by atoms with E-state index in [4.69, 9.17) is 9.47 Å². The summed E-state index contributed by atoms with van der Waals surface area (Å²) >= 11 is 3.44. The Kier molecular flexibility index (Phi) is 7.44. The fraction of sp³-hybridized carbons (Fsp3) is 0.238. The second kappa shape index (κ2) is 9.79. The molecular formula is C21H21BrN2O3. The summed E-state index contributed by atoms with van der Waals surface area (Å²) in [5.74, 6) is 0.670. The molecule has 2 aromatic rings. The molecule has 1 atom stereocenters. The third-order valence-corrected chi connectivity index (χ3v) is 4.45. The van der Waals surface area contributed by atoms with Crippen molar-refractivity contribution in [2.75, 3.05) is 13.7 Å². The Bertz CT molecular complexity index is 873. The van der Waals surface area contributed by atoms with Crippen LogP contribution in [0.3, 0.4) is 0 Å². The molecule has 0 aliphatic heterocycles. The van der Waals surface area contributed by atoms with Crippen LogP contribution >= 0.6 is 15.9 Å². The molecule has 0 aliphatic rings. The Hall–Kier alpha value is -2.78. The largest absolute Gasteiger partial charge is 0.493 e. The lowest BCUT2D eigenvalue weighted by atomic mass is 10.1. The maximum absolute atomic E-state index is 12.5. The van der Waals surface area contributed by atoms with Crippen LogP contribution in [-0.2, 0) is 4.79 Å². The lowest BCUT2D eigenvalue weighted by molar-refractivity contribution is -0.117. The Morgan fingerprint density at radius 3 is 2.63 bits per heavy atom. The summed E-state index contributed by atoms with van der Waals surface area (Å²) in [4.78, 5) is 12.5. The van der Waals surface area contributed by atoms with Crippen molar-refractivity contribution in [3.63, 3.8) is 0 Å². The Labute approximate surface area is 167 Å². The van der Waals surface area contributed by atoms with E-state index in [0.717, 1.165) is 5.56 Å². The molecule has 1 amide bonds. The molecule has 0 fully saturated rings. The van der Waals surface area contributed by atoms with Crippen LogP contribution in [0.2, 0.25) is 0 Å². The molecule has 0 aliphatic carbocycles. The van der Waals surface area contributed by atoms with Crippen LogP contribution in [0.4, 0.5) is 0 Å². The van der Waals surface area contributed by atoms with Gasteiger partial charge in [-0.25, -0.2) is 0 Å². The van der Waals surface area contributed by atoms with E-state index in [0.29, 0.717) is 28.1 Å². The average Bonchev–Trinajstić information content (AvgIpc) is 2.68. The molecule has 0 saturated carbocycles. The first-order chi connectivity index (χ1) is 13.0. The predicted octanol–water partition coefficient (Wildman–Crippen LogP) is 4.64. The summed E-state index contributed by atoms with van der Waals surface area (Å²) in [6, 6.07) is 14.8. The molecule has 0 saturated heterocycles. The van der Waals surface area contributed by atoms with Gasteiger partial charge in [-0.3, -0.25) is 4.79 Å². The van der Waals surface area contributed by atoms with Gasteiger partial charge in [-0.1, -0.05) is 30.3 Å². The number of ether oxygens (including phenoxy) is 2. The second-order valence-electron chi connectivity index (χ2n) is 5.74. The van der Waals surface area contributed by atoms with E-state index in [1.807, 2.05) is 50.2 Å². The number of hydrogen-bond donors (Lipinski definition) is 1. The quantitative estimate of drug-likeness (QED) is 0.514. The number of benzene rings is 2. The molecule has 0 spiro atoms. The van der Waals surface area contributed by atoms with E-state index in [1.165, 1.54) is 13.2 Å². The Morgan fingerprint density at radius 2 is 2.04 bits per heavy atom. The fourth-order valence-electron chi connectivity index (χ4n) is 2.52. The van der Waals surface area contributed by atoms with Gasteiger partial charge in [0, 0.05) is 0 Å². The van der Waals surface area contributed by atoms with Crippen molar-refractivity contribution < 1.29 is 14.3 Å². The number of halogens is 1. The van der Waals surface area contributed by atoms with E-state index in [9.17, 15) is 10.1 Å². The molecule has 2 rings (SSSR count). The number of rotatable bonds is 7. The number of nitriles is 1.